The van der Waals surface area contributed by atoms with Gasteiger partial charge in [0.1, 0.15) is 5.82 Å². The summed E-state index contributed by atoms with van der Waals surface area (Å²) < 4.78 is 5.45. The van der Waals surface area contributed by atoms with E-state index in [0.717, 1.165) is 15.1 Å². The summed E-state index contributed by atoms with van der Waals surface area (Å²) in [5, 5.41) is 9.00. The van der Waals surface area contributed by atoms with Crippen molar-refractivity contribution in [2.75, 3.05) is 0 Å². The number of benzene rings is 1. The lowest BCUT2D eigenvalue weighted by Crippen LogP contribution is -1.97. The van der Waals surface area contributed by atoms with Gasteiger partial charge in [-0.25, -0.2) is 9.78 Å². The maximum atomic E-state index is 11.0. The lowest BCUT2D eigenvalue weighted by Gasteiger charge is -2.02. The number of nitrogens with zero attached hydrogens (tertiary/aromatic N) is 2. The molecule has 2 aromatic rings. The highest BCUT2D eigenvalue weighted by Crippen LogP contribution is 2.31. The highest BCUT2D eigenvalue weighted by Gasteiger charge is 2.10. The molecule has 0 fully saturated rings. The molecule has 0 aliphatic carbocycles. The van der Waals surface area contributed by atoms with Crippen LogP contribution in [0.3, 0.4) is 0 Å². The molecule has 0 saturated carbocycles. The quantitative estimate of drug-likeness (QED) is 0.933. The van der Waals surface area contributed by atoms with Gasteiger partial charge in [0.2, 0.25) is 0 Å². The van der Waals surface area contributed by atoms with Gasteiger partial charge in [-0.2, -0.15) is 4.37 Å². The van der Waals surface area contributed by atoms with Crippen molar-refractivity contribution in [1.29, 1.82) is 0 Å². The molecule has 1 aromatic heterocycles. The van der Waals surface area contributed by atoms with Crippen molar-refractivity contribution in [1.82, 2.24) is 9.36 Å². The van der Waals surface area contributed by atoms with Crippen molar-refractivity contribution in [2.24, 2.45) is 0 Å². The molecule has 0 bridgehead atoms. The molecule has 0 spiro atoms. The maximum absolute atomic E-state index is 11.0. The summed E-state index contributed by atoms with van der Waals surface area (Å²) >= 11 is 5.92. The molecule has 4 nitrogen and oxygen atoms in total. The summed E-state index contributed by atoms with van der Waals surface area (Å²) in [4.78, 5) is 16.0. The van der Waals surface area contributed by atoms with Crippen LogP contribution in [-0.2, 0) is 0 Å². The molecule has 7 heteroatoms. The molecule has 1 N–H and O–H groups in total. The second kappa shape index (κ2) is 5.16. The van der Waals surface area contributed by atoms with Crippen molar-refractivity contribution in [3.05, 3.63) is 34.1 Å². The van der Waals surface area contributed by atoms with Gasteiger partial charge in [-0.1, -0.05) is 11.8 Å². The third kappa shape index (κ3) is 3.05. The Morgan fingerprint density at radius 2 is 2.29 bits per heavy atom. The normalized spacial score (nSPS) is 10.5. The van der Waals surface area contributed by atoms with E-state index in [0.29, 0.717) is 4.47 Å². The molecule has 1 heterocycles. The predicted molar refractivity (Wildman–Crippen MR) is 69.9 cm³/mol. The molecular weight excluding hydrogens is 324 g/mol. The number of halogens is 1. The van der Waals surface area contributed by atoms with Crippen LogP contribution in [0.1, 0.15) is 16.2 Å². The van der Waals surface area contributed by atoms with Crippen molar-refractivity contribution in [3.63, 3.8) is 0 Å². The van der Waals surface area contributed by atoms with E-state index < -0.39 is 5.97 Å². The fourth-order valence-corrected chi connectivity index (χ4v) is 3.23. The minimum absolute atomic E-state index is 0.247. The molecule has 0 radical (unpaired) electrons. The Labute approximate surface area is 114 Å². The Morgan fingerprint density at radius 3 is 2.88 bits per heavy atom. The van der Waals surface area contributed by atoms with Crippen LogP contribution in [0.5, 0.6) is 0 Å². The maximum Gasteiger partial charge on any atom is 0.336 e. The third-order valence-electron chi connectivity index (χ3n) is 1.88. The van der Waals surface area contributed by atoms with E-state index in [1.807, 2.05) is 13.0 Å². The number of hydrogen-bond donors (Lipinski definition) is 1. The van der Waals surface area contributed by atoms with Gasteiger partial charge in [0.25, 0.3) is 0 Å². The third-order valence-corrected chi connectivity index (χ3v) is 4.41. The van der Waals surface area contributed by atoms with Crippen molar-refractivity contribution in [3.8, 4) is 0 Å². The van der Waals surface area contributed by atoms with Crippen molar-refractivity contribution < 1.29 is 9.90 Å². The first-order valence-corrected chi connectivity index (χ1v) is 6.95. The monoisotopic (exact) mass is 330 g/mol. The van der Waals surface area contributed by atoms with Gasteiger partial charge in [-0.05, 0) is 52.6 Å². The van der Waals surface area contributed by atoms with E-state index >= 15 is 0 Å². The Morgan fingerprint density at radius 1 is 1.53 bits per heavy atom. The Balaban J connectivity index is 2.28. The van der Waals surface area contributed by atoms with Crippen LogP contribution in [0.4, 0.5) is 0 Å². The van der Waals surface area contributed by atoms with Crippen LogP contribution >= 0.6 is 39.2 Å². The lowest BCUT2D eigenvalue weighted by molar-refractivity contribution is 0.0695. The molecular formula is C10H7BrN2O2S2. The summed E-state index contributed by atoms with van der Waals surface area (Å²) in [6, 6.07) is 5.19. The van der Waals surface area contributed by atoms with Crippen LogP contribution in [0.15, 0.2) is 31.9 Å². The number of aromatic nitrogens is 2. The number of carbonyl (C=O) groups is 1. The first kappa shape index (κ1) is 12.5. The topological polar surface area (TPSA) is 63.1 Å². The molecule has 0 aliphatic heterocycles. The van der Waals surface area contributed by atoms with Crippen LogP contribution in [-0.4, -0.2) is 20.4 Å². The van der Waals surface area contributed by atoms with Gasteiger partial charge in [0.05, 0.1) is 5.56 Å². The molecule has 1 aromatic carbocycles. The average Bonchev–Trinajstić information content (AvgIpc) is 2.66. The van der Waals surface area contributed by atoms with Crippen LogP contribution in [0, 0.1) is 6.92 Å². The van der Waals surface area contributed by atoms with E-state index in [1.54, 1.807) is 12.1 Å². The standard InChI is InChI=1S/C10H7BrN2O2S2/c1-5-12-10(17-13-5)16-6-2-3-8(11)7(4-6)9(14)15/h2-4H,1H3,(H,14,15). The molecule has 0 atom stereocenters. The molecule has 2 rings (SSSR count). The van der Waals surface area contributed by atoms with Gasteiger partial charge in [0, 0.05) is 9.37 Å². The minimum atomic E-state index is -0.951. The van der Waals surface area contributed by atoms with Crippen LogP contribution < -0.4 is 0 Å². The molecule has 0 amide bonds. The zero-order chi connectivity index (χ0) is 12.4. The first-order chi connectivity index (χ1) is 8.06. The zero-order valence-electron chi connectivity index (χ0n) is 8.68. The van der Waals surface area contributed by atoms with Gasteiger partial charge >= 0.3 is 5.97 Å². The highest BCUT2D eigenvalue weighted by molar-refractivity contribution is 9.10. The van der Waals surface area contributed by atoms with E-state index in [9.17, 15) is 4.79 Å². The summed E-state index contributed by atoms with van der Waals surface area (Å²) in [5.74, 6) is -0.221. The van der Waals surface area contributed by atoms with E-state index in [-0.39, 0.29) is 5.56 Å². The number of rotatable bonds is 3. The van der Waals surface area contributed by atoms with E-state index in [2.05, 4.69) is 25.3 Å². The summed E-state index contributed by atoms with van der Waals surface area (Å²) in [7, 11) is 0. The fraction of sp³-hybridized carbons (Fsp3) is 0.100. The molecule has 17 heavy (non-hydrogen) atoms. The summed E-state index contributed by atoms with van der Waals surface area (Å²) in [5.41, 5.74) is 0.247. The second-order valence-electron chi connectivity index (χ2n) is 3.16. The highest BCUT2D eigenvalue weighted by atomic mass is 79.9. The van der Waals surface area contributed by atoms with Gasteiger partial charge in [-0.3, -0.25) is 0 Å². The molecule has 0 unspecified atom stereocenters. The SMILES string of the molecule is Cc1nsc(Sc2ccc(Br)c(C(=O)O)c2)n1. The van der Waals surface area contributed by atoms with Gasteiger partial charge < -0.3 is 5.11 Å². The van der Waals surface area contributed by atoms with Crippen LogP contribution in [0.25, 0.3) is 0 Å². The van der Waals surface area contributed by atoms with Crippen molar-refractivity contribution >= 4 is 45.2 Å². The van der Waals surface area contributed by atoms with E-state index in [4.69, 9.17) is 5.11 Å². The second-order valence-corrected chi connectivity index (χ2v) is 6.08. The Kier molecular flexibility index (Phi) is 3.80. The van der Waals surface area contributed by atoms with Gasteiger partial charge in [0.15, 0.2) is 4.34 Å². The number of aryl methyl sites for hydroxylation is 1. The number of aromatic carboxylic acids is 1. The Bertz CT molecular complexity index is 571. The molecule has 0 saturated heterocycles. The summed E-state index contributed by atoms with van der Waals surface area (Å²) in [6.07, 6.45) is 0. The Hall–Kier alpha value is -0.920. The summed E-state index contributed by atoms with van der Waals surface area (Å²) in [6.45, 7) is 1.82. The largest absolute Gasteiger partial charge is 0.478 e. The smallest absolute Gasteiger partial charge is 0.336 e. The number of carboxylic acid groups (broad SMARTS) is 1. The minimum Gasteiger partial charge on any atom is -0.478 e. The fourth-order valence-electron chi connectivity index (χ4n) is 1.15. The molecule has 88 valence electrons. The lowest BCUT2D eigenvalue weighted by atomic mass is 10.2. The predicted octanol–water partition coefficient (Wildman–Crippen LogP) is 3.46. The van der Waals surface area contributed by atoms with Gasteiger partial charge in [-0.15, -0.1) is 0 Å². The number of hydrogen-bond acceptors (Lipinski definition) is 5. The first-order valence-electron chi connectivity index (χ1n) is 4.57. The number of carboxylic acids is 1. The van der Waals surface area contributed by atoms with Crippen molar-refractivity contribution in [2.45, 2.75) is 16.2 Å². The van der Waals surface area contributed by atoms with E-state index in [1.165, 1.54) is 23.3 Å². The molecule has 0 aliphatic rings. The van der Waals surface area contributed by atoms with Crippen LogP contribution in [0.2, 0.25) is 0 Å². The average molecular weight is 331 g/mol. The zero-order valence-corrected chi connectivity index (χ0v) is 11.9.